The van der Waals surface area contributed by atoms with Crippen molar-refractivity contribution in [2.75, 3.05) is 13.1 Å². The summed E-state index contributed by atoms with van der Waals surface area (Å²) in [4.78, 5) is 69.6. The number of nitrogens with two attached hydrogens (primary N) is 1. The lowest BCUT2D eigenvalue weighted by atomic mass is 10.1. The summed E-state index contributed by atoms with van der Waals surface area (Å²) in [6, 6.07) is 8.61. The van der Waals surface area contributed by atoms with Crippen molar-refractivity contribution >= 4 is 57.2 Å². The van der Waals surface area contributed by atoms with Crippen LogP contribution < -0.4 is 21.8 Å². The molecule has 6 N–H and O–H groups in total. The number of H-pyrrole nitrogens is 1. The number of aromatic nitrogens is 1. The minimum Gasteiger partial charge on any atom is -0.480 e. The van der Waals surface area contributed by atoms with Crippen molar-refractivity contribution in [3.63, 3.8) is 0 Å². The number of hydrogen-bond donors (Lipinski definition) is 5. The first kappa shape index (κ1) is 33.7. The van der Waals surface area contributed by atoms with Gasteiger partial charge in [0.15, 0.2) is 5.43 Å². The van der Waals surface area contributed by atoms with E-state index in [4.69, 9.17) is 21.8 Å². The highest BCUT2D eigenvalue weighted by molar-refractivity contribution is 6.31. The number of fused-ring (bicyclic) bond motifs is 2. The van der Waals surface area contributed by atoms with Crippen LogP contribution in [0.1, 0.15) is 59.5 Å². The van der Waals surface area contributed by atoms with Gasteiger partial charge in [-0.25, -0.2) is 4.79 Å². The third-order valence-corrected chi connectivity index (χ3v) is 8.92. The van der Waals surface area contributed by atoms with E-state index in [1.54, 1.807) is 24.3 Å². The Morgan fingerprint density at radius 3 is 2.64 bits per heavy atom. The van der Waals surface area contributed by atoms with Gasteiger partial charge in [-0.1, -0.05) is 17.7 Å². The molecule has 1 saturated heterocycles. The van der Waals surface area contributed by atoms with Crippen LogP contribution in [0.4, 0.5) is 0 Å². The van der Waals surface area contributed by atoms with E-state index in [1.807, 2.05) is 19.9 Å². The highest BCUT2D eigenvalue weighted by Crippen LogP contribution is 2.26. The predicted octanol–water partition coefficient (Wildman–Crippen LogP) is 3.58. The predicted molar refractivity (Wildman–Crippen MR) is 177 cm³/mol. The fourth-order valence-corrected chi connectivity index (χ4v) is 6.21. The Labute approximate surface area is 275 Å². The number of carbonyl (C=O) groups is 4. The van der Waals surface area contributed by atoms with Crippen molar-refractivity contribution in [2.45, 2.75) is 70.5 Å². The molecule has 1 unspecified atom stereocenters. The Kier molecular flexibility index (Phi) is 10.3. The van der Waals surface area contributed by atoms with Gasteiger partial charge in [-0.3, -0.25) is 19.2 Å². The molecule has 3 atom stereocenters. The first-order valence-corrected chi connectivity index (χ1v) is 16.0. The third kappa shape index (κ3) is 7.66. The van der Waals surface area contributed by atoms with Gasteiger partial charge in [0.2, 0.25) is 11.8 Å². The number of likely N-dealkylation sites (tertiary alicyclic amines) is 1. The van der Waals surface area contributed by atoms with Crippen LogP contribution in [0.25, 0.3) is 21.9 Å². The van der Waals surface area contributed by atoms with E-state index in [0.717, 1.165) is 22.2 Å². The second-order valence-electron chi connectivity index (χ2n) is 12.0. The highest BCUT2D eigenvalue weighted by Gasteiger charge is 2.41. The molecule has 1 fully saturated rings. The molecular weight excluding hydrogens is 626 g/mol. The number of aliphatic carboxylic acids is 1. The van der Waals surface area contributed by atoms with Crippen LogP contribution in [0.5, 0.6) is 0 Å². The largest absolute Gasteiger partial charge is 0.480 e. The number of unbranched alkanes of at least 4 members (excludes halogenated alkanes) is 1. The van der Waals surface area contributed by atoms with Crippen LogP contribution >= 0.6 is 11.6 Å². The normalized spacial score (nSPS) is 16.8. The van der Waals surface area contributed by atoms with Crippen LogP contribution in [-0.2, 0) is 20.8 Å². The minimum atomic E-state index is -1.18. The highest BCUT2D eigenvalue weighted by atomic mass is 35.5. The van der Waals surface area contributed by atoms with Crippen molar-refractivity contribution in [2.24, 2.45) is 5.73 Å². The Bertz CT molecular complexity index is 1900. The monoisotopic (exact) mass is 663 g/mol. The zero-order chi connectivity index (χ0) is 33.8. The van der Waals surface area contributed by atoms with Gasteiger partial charge >= 0.3 is 5.97 Å². The van der Waals surface area contributed by atoms with Crippen LogP contribution in [0, 0.1) is 13.8 Å². The number of amides is 3. The zero-order valence-electron chi connectivity index (χ0n) is 26.2. The number of halogens is 1. The fraction of sp³-hybridized carbons (Fsp3) is 0.382. The maximum Gasteiger partial charge on any atom is 0.326 e. The molecule has 2 aromatic heterocycles. The van der Waals surface area contributed by atoms with Gasteiger partial charge < -0.3 is 35.8 Å². The molecule has 0 aliphatic carbocycles. The zero-order valence-corrected chi connectivity index (χ0v) is 27.0. The van der Waals surface area contributed by atoms with E-state index < -0.39 is 35.9 Å². The van der Waals surface area contributed by atoms with Crippen molar-refractivity contribution in [1.82, 2.24) is 20.5 Å². The van der Waals surface area contributed by atoms with Gasteiger partial charge in [0.05, 0.1) is 5.39 Å². The summed E-state index contributed by atoms with van der Waals surface area (Å²) >= 11 is 5.99. The SMILES string of the molecule is Cc1[nH]c2cc(C(=O)N3C[C@@H](NC(=O)CCc4cc(=O)c5cc(Cl)ccc5o4)C[C@@H]3C(=O)NC(CCCCN)C(=O)O)ccc2c1C. The number of carboxylic acid groups (broad SMARTS) is 1. The molecule has 3 heterocycles. The van der Waals surface area contributed by atoms with E-state index in [-0.39, 0.29) is 43.6 Å². The molecule has 0 radical (unpaired) electrons. The Morgan fingerprint density at radius 2 is 1.89 bits per heavy atom. The summed E-state index contributed by atoms with van der Waals surface area (Å²) in [5.74, 6) is -2.23. The van der Waals surface area contributed by atoms with E-state index in [1.165, 1.54) is 17.0 Å². The number of carboxylic acids is 1. The lowest BCUT2D eigenvalue weighted by Crippen LogP contribution is -2.50. The van der Waals surface area contributed by atoms with E-state index >= 15 is 0 Å². The molecule has 5 rings (SSSR count). The second kappa shape index (κ2) is 14.4. The van der Waals surface area contributed by atoms with Gasteiger partial charge in [-0.2, -0.15) is 0 Å². The molecular formula is C34H38ClN5O7. The Balaban J connectivity index is 1.31. The molecule has 13 heteroatoms. The second-order valence-corrected chi connectivity index (χ2v) is 12.4. The first-order chi connectivity index (χ1) is 22.4. The summed E-state index contributed by atoms with van der Waals surface area (Å²) in [7, 11) is 0. The molecule has 0 spiro atoms. The topological polar surface area (TPSA) is 188 Å². The molecule has 47 heavy (non-hydrogen) atoms. The summed E-state index contributed by atoms with van der Waals surface area (Å²) in [5.41, 5.74) is 8.83. The van der Waals surface area contributed by atoms with E-state index in [2.05, 4.69) is 15.6 Å². The Morgan fingerprint density at radius 1 is 1.11 bits per heavy atom. The third-order valence-electron chi connectivity index (χ3n) is 8.69. The van der Waals surface area contributed by atoms with Crippen molar-refractivity contribution in [3.05, 3.63) is 80.3 Å². The average molecular weight is 664 g/mol. The summed E-state index contributed by atoms with van der Waals surface area (Å²) in [6.45, 7) is 4.37. The van der Waals surface area contributed by atoms with Crippen molar-refractivity contribution in [3.8, 4) is 0 Å². The smallest absolute Gasteiger partial charge is 0.326 e. The number of nitrogens with zero attached hydrogens (tertiary/aromatic N) is 1. The molecule has 3 amide bonds. The van der Waals surface area contributed by atoms with Crippen molar-refractivity contribution < 1.29 is 28.7 Å². The van der Waals surface area contributed by atoms with Gasteiger partial charge in [0.1, 0.15) is 23.4 Å². The number of aryl methyl sites for hydroxylation is 3. The average Bonchev–Trinajstić information content (AvgIpc) is 3.58. The van der Waals surface area contributed by atoms with Crippen LogP contribution in [0.3, 0.4) is 0 Å². The molecule has 1 aliphatic heterocycles. The summed E-state index contributed by atoms with van der Waals surface area (Å²) in [5, 5.41) is 17.0. The van der Waals surface area contributed by atoms with Crippen molar-refractivity contribution in [1.29, 1.82) is 0 Å². The maximum absolute atomic E-state index is 13.9. The number of benzene rings is 2. The van der Waals surface area contributed by atoms with Gasteiger partial charge in [-0.05, 0) is 82.0 Å². The Hall–Kier alpha value is -4.68. The quantitative estimate of drug-likeness (QED) is 0.142. The minimum absolute atomic E-state index is 0.00618. The number of nitrogens with one attached hydrogen (secondary N) is 3. The number of hydrogen-bond acceptors (Lipinski definition) is 7. The number of rotatable bonds is 12. The van der Waals surface area contributed by atoms with Crippen LogP contribution in [-0.4, -0.2) is 69.9 Å². The standard InChI is InChI=1S/C34H38ClN5O7/c1-18-19(2)37-27-13-20(6-9-24(18)27)33(44)40-17-22(15-28(40)32(43)39-26(34(45)46)5-3-4-12-36)38-31(42)11-8-23-16-29(41)25-14-21(35)7-10-30(25)47-23/h6-7,9-10,13-14,16,22,26,28,37H,3-5,8,11-12,15,17,36H2,1-2H3,(H,38,42)(H,39,43)(H,45,46)/t22-,26?,28+/m0/s1. The van der Waals surface area contributed by atoms with Gasteiger partial charge in [0.25, 0.3) is 5.91 Å². The van der Waals surface area contributed by atoms with Crippen LogP contribution in [0.2, 0.25) is 5.02 Å². The van der Waals surface area contributed by atoms with E-state index in [9.17, 15) is 29.1 Å². The lowest BCUT2D eigenvalue weighted by Gasteiger charge is -2.25. The van der Waals surface area contributed by atoms with Crippen LogP contribution in [0.15, 0.2) is 51.7 Å². The first-order valence-electron chi connectivity index (χ1n) is 15.6. The molecule has 2 aromatic carbocycles. The molecule has 4 aromatic rings. The molecule has 0 saturated carbocycles. The number of aromatic amines is 1. The summed E-state index contributed by atoms with van der Waals surface area (Å²) in [6.07, 6.45) is 1.55. The molecule has 0 bridgehead atoms. The van der Waals surface area contributed by atoms with Gasteiger partial charge in [-0.15, -0.1) is 0 Å². The fourth-order valence-electron chi connectivity index (χ4n) is 6.04. The van der Waals surface area contributed by atoms with E-state index in [0.29, 0.717) is 46.7 Å². The molecule has 12 nitrogen and oxygen atoms in total. The number of carbonyl (C=O) groups excluding carboxylic acids is 3. The maximum atomic E-state index is 13.9. The summed E-state index contributed by atoms with van der Waals surface area (Å²) < 4.78 is 5.79. The van der Waals surface area contributed by atoms with Gasteiger partial charge in [0, 0.05) is 58.7 Å². The molecule has 1 aliphatic rings. The molecule has 248 valence electrons. The lowest BCUT2D eigenvalue weighted by molar-refractivity contribution is -0.142.